The van der Waals surface area contributed by atoms with Gasteiger partial charge >= 0.3 is 0 Å². The van der Waals surface area contributed by atoms with Crippen molar-refractivity contribution in [1.82, 2.24) is 0 Å². The van der Waals surface area contributed by atoms with Gasteiger partial charge in [-0.05, 0) is 85.3 Å². The molecule has 36 heavy (non-hydrogen) atoms. The van der Waals surface area contributed by atoms with Crippen LogP contribution in [0.1, 0.15) is 66.7 Å². The number of furan rings is 1. The van der Waals surface area contributed by atoms with Gasteiger partial charge in [-0.15, -0.1) is 0 Å². The molecule has 0 N–H and O–H groups in total. The number of nitrogens with zero attached hydrogens (tertiary/aromatic N) is 1. The maximum atomic E-state index is 6.87. The van der Waals surface area contributed by atoms with E-state index < -0.39 is 0 Å². The molecular weight excluding hydrogens is 438 g/mol. The van der Waals surface area contributed by atoms with Gasteiger partial charge in [-0.25, -0.2) is 4.57 Å². The van der Waals surface area contributed by atoms with E-state index in [-0.39, 0.29) is 0 Å². The Kier molecular flexibility index (Phi) is 5.23. The maximum Gasteiger partial charge on any atom is 0.216 e. The third-order valence-corrected chi connectivity index (χ3v) is 8.84. The number of benzene rings is 3. The Morgan fingerprint density at radius 2 is 1.53 bits per heavy atom. The van der Waals surface area contributed by atoms with Crippen molar-refractivity contribution in [2.24, 2.45) is 7.05 Å². The number of aryl methyl sites for hydroxylation is 2. The fourth-order valence-corrected chi connectivity index (χ4v) is 7.04. The molecule has 3 aromatic carbocycles. The van der Waals surface area contributed by atoms with E-state index in [1.54, 1.807) is 16.7 Å². The molecule has 1 saturated carbocycles. The van der Waals surface area contributed by atoms with Crippen LogP contribution in [0.4, 0.5) is 0 Å². The third kappa shape index (κ3) is 3.34. The van der Waals surface area contributed by atoms with Crippen LogP contribution in [0.25, 0.3) is 44.3 Å². The largest absolute Gasteiger partial charge is 0.454 e. The van der Waals surface area contributed by atoms with E-state index >= 15 is 0 Å². The summed E-state index contributed by atoms with van der Waals surface area (Å²) in [7, 11) is 2.11. The van der Waals surface area contributed by atoms with Gasteiger partial charge < -0.3 is 4.42 Å². The summed E-state index contributed by atoms with van der Waals surface area (Å²) in [5.41, 5.74) is 13.2. The zero-order valence-corrected chi connectivity index (χ0v) is 21.4. The molecule has 180 valence electrons. The lowest BCUT2D eigenvalue weighted by atomic mass is 9.79. The Bertz CT molecular complexity index is 1620. The van der Waals surface area contributed by atoms with Crippen LogP contribution < -0.4 is 4.57 Å². The topological polar surface area (TPSA) is 17.0 Å². The van der Waals surface area contributed by atoms with Gasteiger partial charge in [-0.1, -0.05) is 55.3 Å². The summed E-state index contributed by atoms with van der Waals surface area (Å²) in [4.78, 5) is 0. The number of hydrogen-bond acceptors (Lipinski definition) is 1. The standard InChI is InChI=1S/C34H34NO/c1-22-17-18-30-29-15-9-14-28(33(29)36-34(30)32(22)31-16-7-8-21-35(31)2)27-20-19-24(23-10-3-4-11-23)25-12-5-6-13-26(25)27/h7-9,14-21,23H,3-6,10-13H2,1-2H3/q+1. The number of hydrogen-bond donors (Lipinski definition) is 0. The number of aromatic nitrogens is 1. The lowest BCUT2D eigenvalue weighted by Crippen LogP contribution is -2.30. The summed E-state index contributed by atoms with van der Waals surface area (Å²) in [5, 5.41) is 2.42. The van der Waals surface area contributed by atoms with E-state index in [1.807, 2.05) is 0 Å². The zero-order valence-electron chi connectivity index (χ0n) is 21.4. The van der Waals surface area contributed by atoms with E-state index in [9.17, 15) is 0 Å². The molecular formula is C34H34NO+. The summed E-state index contributed by atoms with van der Waals surface area (Å²) < 4.78 is 9.06. The molecule has 0 spiro atoms. The molecule has 5 aromatic rings. The predicted molar refractivity (Wildman–Crippen MR) is 148 cm³/mol. The van der Waals surface area contributed by atoms with E-state index in [0.29, 0.717) is 0 Å². The van der Waals surface area contributed by atoms with Crippen LogP contribution in [0.3, 0.4) is 0 Å². The van der Waals surface area contributed by atoms with Gasteiger partial charge in [0.25, 0.3) is 0 Å². The first-order valence-electron chi connectivity index (χ1n) is 13.8. The molecule has 2 aliphatic carbocycles. The second kappa shape index (κ2) is 8.62. The van der Waals surface area contributed by atoms with Crippen LogP contribution in [0, 0.1) is 6.92 Å². The Hall–Kier alpha value is -3.39. The minimum Gasteiger partial charge on any atom is -0.454 e. The molecule has 0 bridgehead atoms. The van der Waals surface area contributed by atoms with Crippen molar-refractivity contribution in [1.29, 1.82) is 0 Å². The predicted octanol–water partition coefficient (Wildman–Crippen LogP) is 8.59. The fraction of sp³-hybridized carbons (Fsp3) is 0.324. The first-order valence-corrected chi connectivity index (χ1v) is 13.8. The lowest BCUT2D eigenvalue weighted by molar-refractivity contribution is -0.660. The molecule has 0 saturated heterocycles. The van der Waals surface area contributed by atoms with Crippen LogP contribution >= 0.6 is 0 Å². The summed E-state index contributed by atoms with van der Waals surface area (Å²) in [6, 6.07) is 22.5. The number of rotatable bonds is 3. The first-order chi connectivity index (χ1) is 17.7. The molecule has 2 aliphatic rings. The monoisotopic (exact) mass is 472 g/mol. The van der Waals surface area contributed by atoms with Gasteiger partial charge in [0.05, 0.1) is 5.56 Å². The van der Waals surface area contributed by atoms with E-state index in [4.69, 9.17) is 4.42 Å². The fourth-order valence-electron chi connectivity index (χ4n) is 7.04. The summed E-state index contributed by atoms with van der Waals surface area (Å²) in [6.07, 6.45) is 12.7. The Morgan fingerprint density at radius 3 is 2.36 bits per heavy atom. The van der Waals surface area contributed by atoms with Crippen molar-refractivity contribution in [2.45, 2.75) is 64.2 Å². The minimum atomic E-state index is 0.769. The Balaban J connectivity index is 1.47. The van der Waals surface area contributed by atoms with Crippen molar-refractivity contribution in [2.75, 3.05) is 0 Å². The summed E-state index contributed by atoms with van der Waals surface area (Å²) >= 11 is 0. The maximum absolute atomic E-state index is 6.87. The highest BCUT2D eigenvalue weighted by atomic mass is 16.3. The highest BCUT2D eigenvalue weighted by molar-refractivity contribution is 6.13. The van der Waals surface area contributed by atoms with Gasteiger partial charge in [-0.3, -0.25) is 0 Å². The normalized spacial score (nSPS) is 16.2. The van der Waals surface area contributed by atoms with Crippen LogP contribution in [0.2, 0.25) is 0 Å². The highest BCUT2D eigenvalue weighted by Gasteiger charge is 2.26. The SMILES string of the molecule is Cc1ccc2c(oc3c(-c4ccc(C5CCCC5)c5c4CCCC5)cccc32)c1-c1cccc[n+]1C. The van der Waals surface area contributed by atoms with Crippen molar-refractivity contribution in [3.8, 4) is 22.4 Å². The molecule has 0 radical (unpaired) electrons. The highest BCUT2D eigenvalue weighted by Crippen LogP contribution is 2.45. The Labute approximate surface area is 213 Å². The van der Waals surface area contributed by atoms with Crippen molar-refractivity contribution in [3.63, 3.8) is 0 Å². The van der Waals surface area contributed by atoms with Crippen molar-refractivity contribution >= 4 is 21.9 Å². The molecule has 2 nitrogen and oxygen atoms in total. The van der Waals surface area contributed by atoms with Crippen LogP contribution in [-0.4, -0.2) is 0 Å². The lowest BCUT2D eigenvalue weighted by Gasteiger charge is -2.25. The average Bonchev–Trinajstić information content (AvgIpc) is 3.57. The zero-order chi connectivity index (χ0) is 24.2. The smallest absolute Gasteiger partial charge is 0.216 e. The summed E-state index contributed by atoms with van der Waals surface area (Å²) in [5.74, 6) is 0.769. The van der Waals surface area contributed by atoms with E-state index in [2.05, 4.69) is 85.4 Å². The van der Waals surface area contributed by atoms with Crippen LogP contribution in [0.5, 0.6) is 0 Å². The third-order valence-electron chi connectivity index (χ3n) is 8.84. The second-order valence-electron chi connectivity index (χ2n) is 11.0. The van der Waals surface area contributed by atoms with E-state index in [0.717, 1.165) is 17.1 Å². The summed E-state index contributed by atoms with van der Waals surface area (Å²) in [6.45, 7) is 2.19. The Morgan fingerprint density at radius 1 is 0.722 bits per heavy atom. The number of fused-ring (bicyclic) bond motifs is 4. The second-order valence-corrected chi connectivity index (χ2v) is 11.0. The molecule has 0 amide bonds. The molecule has 7 rings (SSSR count). The molecule has 2 aromatic heterocycles. The van der Waals surface area contributed by atoms with Crippen molar-refractivity contribution in [3.05, 3.63) is 89.1 Å². The van der Waals surface area contributed by atoms with Gasteiger partial charge in [-0.2, -0.15) is 0 Å². The quantitative estimate of drug-likeness (QED) is 0.240. The van der Waals surface area contributed by atoms with Gasteiger partial charge in [0.15, 0.2) is 6.20 Å². The number of pyridine rings is 1. The van der Waals surface area contributed by atoms with Gasteiger partial charge in [0.2, 0.25) is 5.69 Å². The molecule has 0 unspecified atom stereocenters. The van der Waals surface area contributed by atoms with Gasteiger partial charge in [0.1, 0.15) is 18.2 Å². The molecule has 1 fully saturated rings. The number of para-hydroxylation sites is 1. The molecule has 0 aliphatic heterocycles. The van der Waals surface area contributed by atoms with Crippen LogP contribution in [0.15, 0.2) is 71.3 Å². The van der Waals surface area contributed by atoms with Crippen molar-refractivity contribution < 1.29 is 8.98 Å². The van der Waals surface area contributed by atoms with Gasteiger partial charge in [0, 0.05) is 28.5 Å². The van der Waals surface area contributed by atoms with Crippen LogP contribution in [-0.2, 0) is 19.9 Å². The first kappa shape index (κ1) is 21.9. The average molecular weight is 473 g/mol. The minimum absolute atomic E-state index is 0.769. The molecule has 0 atom stereocenters. The van der Waals surface area contributed by atoms with E-state index in [1.165, 1.54) is 90.1 Å². The molecule has 2 heteroatoms. The molecule has 2 heterocycles.